The van der Waals surface area contributed by atoms with Crippen LogP contribution in [0.5, 0.6) is 0 Å². The zero-order valence-corrected chi connectivity index (χ0v) is 11.8. The lowest BCUT2D eigenvalue weighted by Crippen LogP contribution is -2.24. The lowest BCUT2D eigenvalue weighted by Gasteiger charge is -2.21. The number of aryl methyl sites for hydroxylation is 1. The highest BCUT2D eigenvalue weighted by Gasteiger charge is 2.16. The summed E-state index contributed by atoms with van der Waals surface area (Å²) in [6.07, 6.45) is 1.71. The van der Waals surface area contributed by atoms with Gasteiger partial charge in [-0.15, -0.1) is 0 Å². The van der Waals surface area contributed by atoms with Gasteiger partial charge in [0.1, 0.15) is 11.6 Å². The van der Waals surface area contributed by atoms with E-state index in [-0.39, 0.29) is 17.9 Å². The van der Waals surface area contributed by atoms with Gasteiger partial charge in [-0.25, -0.2) is 8.78 Å². The Bertz CT molecular complexity index is 585. The molecule has 4 heteroatoms. The summed E-state index contributed by atoms with van der Waals surface area (Å²) in [7, 11) is 0. The van der Waals surface area contributed by atoms with Crippen molar-refractivity contribution >= 4 is 0 Å². The quantitative estimate of drug-likeness (QED) is 0.910. The molecule has 1 unspecified atom stereocenters. The molecule has 106 valence electrons. The first-order valence-electron chi connectivity index (χ1n) is 6.61. The van der Waals surface area contributed by atoms with Gasteiger partial charge in [-0.3, -0.25) is 4.98 Å². The maximum Gasteiger partial charge on any atom is 0.128 e. The smallest absolute Gasteiger partial charge is 0.128 e. The van der Waals surface area contributed by atoms with Crippen LogP contribution in [0, 0.1) is 18.6 Å². The molecule has 0 spiro atoms. The molecule has 0 aliphatic heterocycles. The van der Waals surface area contributed by atoms with Gasteiger partial charge in [0.25, 0.3) is 0 Å². The summed E-state index contributed by atoms with van der Waals surface area (Å²) >= 11 is 0. The molecule has 0 bridgehead atoms. The van der Waals surface area contributed by atoms with Gasteiger partial charge in [0, 0.05) is 23.8 Å². The van der Waals surface area contributed by atoms with Crippen molar-refractivity contribution in [1.29, 1.82) is 0 Å². The van der Waals surface area contributed by atoms with Gasteiger partial charge < -0.3 is 5.32 Å². The maximum absolute atomic E-state index is 13.9. The molecule has 0 aliphatic carbocycles. The van der Waals surface area contributed by atoms with Gasteiger partial charge in [0.05, 0.1) is 5.69 Å². The summed E-state index contributed by atoms with van der Waals surface area (Å²) in [6.45, 7) is 5.31. The van der Waals surface area contributed by atoms with Crippen molar-refractivity contribution in [3.8, 4) is 0 Å². The average molecular weight is 276 g/mol. The van der Waals surface area contributed by atoms with E-state index in [2.05, 4.69) is 10.3 Å². The van der Waals surface area contributed by atoms with Crippen molar-refractivity contribution in [3.05, 3.63) is 65.0 Å². The van der Waals surface area contributed by atoms with Gasteiger partial charge in [-0.1, -0.05) is 6.07 Å². The average Bonchev–Trinajstić information content (AvgIpc) is 2.43. The third-order valence-corrected chi connectivity index (χ3v) is 3.38. The van der Waals surface area contributed by atoms with Crippen LogP contribution in [-0.2, 0) is 0 Å². The van der Waals surface area contributed by atoms with Gasteiger partial charge in [0.15, 0.2) is 0 Å². The van der Waals surface area contributed by atoms with Crippen LogP contribution >= 0.6 is 0 Å². The van der Waals surface area contributed by atoms with Crippen molar-refractivity contribution in [3.63, 3.8) is 0 Å². The number of rotatable bonds is 4. The molecule has 2 nitrogen and oxygen atoms in total. The molecule has 1 heterocycles. The van der Waals surface area contributed by atoms with Gasteiger partial charge in [-0.2, -0.15) is 0 Å². The first-order chi connectivity index (χ1) is 9.49. The number of aromatic nitrogens is 1. The molecule has 2 atom stereocenters. The second-order valence-corrected chi connectivity index (χ2v) is 4.99. The Hall–Kier alpha value is -1.81. The number of benzene rings is 1. The summed E-state index contributed by atoms with van der Waals surface area (Å²) in [5.74, 6) is -0.780. The molecule has 2 rings (SSSR count). The summed E-state index contributed by atoms with van der Waals surface area (Å²) in [4.78, 5) is 4.25. The van der Waals surface area contributed by atoms with Crippen LogP contribution < -0.4 is 5.32 Å². The van der Waals surface area contributed by atoms with Crippen molar-refractivity contribution in [2.24, 2.45) is 0 Å². The monoisotopic (exact) mass is 276 g/mol. The molecule has 0 radical (unpaired) electrons. The van der Waals surface area contributed by atoms with Crippen LogP contribution in [0.3, 0.4) is 0 Å². The van der Waals surface area contributed by atoms with Crippen molar-refractivity contribution < 1.29 is 8.78 Å². The second kappa shape index (κ2) is 6.09. The molecule has 20 heavy (non-hydrogen) atoms. The number of nitrogens with zero attached hydrogens (tertiary/aromatic N) is 1. The molecule has 0 saturated carbocycles. The fraction of sp³-hybridized carbons (Fsp3) is 0.312. The molecule has 0 aliphatic rings. The number of hydrogen-bond acceptors (Lipinski definition) is 2. The highest BCUT2D eigenvalue weighted by atomic mass is 19.1. The van der Waals surface area contributed by atoms with Gasteiger partial charge >= 0.3 is 0 Å². The van der Waals surface area contributed by atoms with Crippen LogP contribution in [0.15, 0.2) is 36.5 Å². The molecule has 1 aromatic heterocycles. The SMILES string of the molecule is Cc1cc(F)c(C(C)N[C@@H](C)c2ccccn2)cc1F. The first-order valence-corrected chi connectivity index (χ1v) is 6.61. The lowest BCUT2D eigenvalue weighted by molar-refractivity contribution is 0.463. The van der Waals surface area contributed by atoms with E-state index >= 15 is 0 Å². The molecule has 1 N–H and O–H groups in total. The minimum absolute atomic E-state index is 0.0463. The lowest BCUT2D eigenvalue weighted by atomic mass is 10.0. The van der Waals surface area contributed by atoms with E-state index in [1.54, 1.807) is 13.1 Å². The van der Waals surface area contributed by atoms with E-state index in [0.29, 0.717) is 11.1 Å². The van der Waals surface area contributed by atoms with E-state index in [4.69, 9.17) is 0 Å². The van der Waals surface area contributed by atoms with Crippen LogP contribution in [0.2, 0.25) is 0 Å². The van der Waals surface area contributed by atoms with Crippen LogP contribution in [0.1, 0.15) is 42.8 Å². The summed E-state index contributed by atoms with van der Waals surface area (Å²) in [5.41, 5.74) is 1.51. The number of halogens is 2. The Labute approximate surface area is 117 Å². The summed E-state index contributed by atoms with van der Waals surface area (Å²) in [6, 6.07) is 7.78. The molecule has 0 amide bonds. The largest absolute Gasteiger partial charge is 0.302 e. The third kappa shape index (κ3) is 3.20. The van der Waals surface area contributed by atoms with Crippen molar-refractivity contribution in [2.75, 3.05) is 0 Å². The molecule has 0 saturated heterocycles. The number of hydrogen-bond donors (Lipinski definition) is 1. The highest BCUT2D eigenvalue weighted by Crippen LogP contribution is 2.23. The Morgan fingerprint density at radius 3 is 2.45 bits per heavy atom. The fourth-order valence-electron chi connectivity index (χ4n) is 2.18. The molecule has 2 aromatic rings. The second-order valence-electron chi connectivity index (χ2n) is 4.99. The minimum atomic E-state index is -0.392. The molecule has 1 aromatic carbocycles. The van der Waals surface area contributed by atoms with Crippen LogP contribution in [-0.4, -0.2) is 4.98 Å². The van der Waals surface area contributed by atoms with E-state index in [1.165, 1.54) is 12.1 Å². The van der Waals surface area contributed by atoms with E-state index in [1.807, 2.05) is 32.0 Å². The zero-order chi connectivity index (χ0) is 14.7. The summed E-state index contributed by atoms with van der Waals surface area (Å²) < 4.78 is 27.5. The minimum Gasteiger partial charge on any atom is -0.302 e. The fourth-order valence-corrected chi connectivity index (χ4v) is 2.18. The highest BCUT2D eigenvalue weighted by molar-refractivity contribution is 5.27. The van der Waals surface area contributed by atoms with Gasteiger partial charge in [-0.05, 0) is 50.6 Å². The summed E-state index contributed by atoms with van der Waals surface area (Å²) in [5, 5.41) is 3.23. The van der Waals surface area contributed by atoms with Crippen LogP contribution in [0.4, 0.5) is 8.78 Å². The molecular weight excluding hydrogens is 258 g/mol. The zero-order valence-electron chi connectivity index (χ0n) is 11.8. The van der Waals surface area contributed by atoms with Gasteiger partial charge in [0.2, 0.25) is 0 Å². The topological polar surface area (TPSA) is 24.9 Å². The normalized spacial score (nSPS) is 14.1. The predicted molar refractivity (Wildman–Crippen MR) is 75.3 cm³/mol. The predicted octanol–water partition coefficient (Wildman–Crippen LogP) is 4.08. The van der Waals surface area contributed by atoms with E-state index in [0.717, 1.165) is 5.69 Å². The Morgan fingerprint density at radius 2 is 1.80 bits per heavy atom. The standard InChI is InChI=1S/C16H18F2N2/c1-10-8-15(18)13(9-14(10)17)11(2)20-12(3)16-6-4-5-7-19-16/h4-9,11-12,20H,1-3H3/t11?,12-/m0/s1. The van der Waals surface area contributed by atoms with Crippen molar-refractivity contribution in [1.82, 2.24) is 10.3 Å². The van der Waals surface area contributed by atoms with Crippen molar-refractivity contribution in [2.45, 2.75) is 32.9 Å². The first kappa shape index (κ1) is 14.6. The maximum atomic E-state index is 13.9. The Kier molecular flexibility index (Phi) is 4.45. The number of nitrogens with one attached hydrogen (secondary N) is 1. The third-order valence-electron chi connectivity index (χ3n) is 3.38. The Morgan fingerprint density at radius 1 is 1.05 bits per heavy atom. The number of pyridine rings is 1. The molecular formula is C16H18F2N2. The Balaban J connectivity index is 2.16. The van der Waals surface area contributed by atoms with E-state index in [9.17, 15) is 8.78 Å². The van der Waals surface area contributed by atoms with Crippen LogP contribution in [0.25, 0.3) is 0 Å². The van der Waals surface area contributed by atoms with E-state index < -0.39 is 5.82 Å². The molecule has 0 fully saturated rings.